The van der Waals surface area contributed by atoms with Crippen molar-refractivity contribution < 1.29 is 9.90 Å². The van der Waals surface area contributed by atoms with E-state index in [0.717, 1.165) is 11.1 Å². The molecular formula is C22H17N3O3. The van der Waals surface area contributed by atoms with E-state index in [0.29, 0.717) is 16.9 Å². The molecule has 0 aliphatic heterocycles. The number of hydrogen-bond donors (Lipinski definition) is 1. The van der Waals surface area contributed by atoms with E-state index in [1.807, 2.05) is 54.6 Å². The molecule has 6 nitrogen and oxygen atoms in total. The van der Waals surface area contributed by atoms with Crippen molar-refractivity contribution in [2.45, 2.75) is 12.8 Å². The Morgan fingerprint density at radius 3 is 2.54 bits per heavy atom. The van der Waals surface area contributed by atoms with Gasteiger partial charge in [-0.25, -0.2) is 9.97 Å². The molecule has 0 amide bonds. The van der Waals surface area contributed by atoms with E-state index < -0.39 is 5.97 Å². The fraction of sp³-hybridized carbons (Fsp3) is 0.0909. The van der Waals surface area contributed by atoms with Gasteiger partial charge in [-0.05, 0) is 35.4 Å². The second kappa shape index (κ2) is 7.44. The number of aliphatic carboxylic acids is 1. The minimum atomic E-state index is -0.967. The molecule has 2 aromatic heterocycles. The van der Waals surface area contributed by atoms with Gasteiger partial charge in [0.1, 0.15) is 11.2 Å². The van der Waals surface area contributed by atoms with Crippen molar-refractivity contribution in [2.75, 3.05) is 0 Å². The minimum absolute atomic E-state index is 0.0668. The van der Waals surface area contributed by atoms with Crippen LogP contribution in [0.15, 0.2) is 77.7 Å². The zero-order valence-corrected chi connectivity index (χ0v) is 14.9. The summed E-state index contributed by atoms with van der Waals surface area (Å²) in [5.74, 6) is -0.967. The third kappa shape index (κ3) is 3.40. The van der Waals surface area contributed by atoms with Gasteiger partial charge in [0.25, 0.3) is 5.56 Å². The van der Waals surface area contributed by atoms with Crippen LogP contribution in [0.2, 0.25) is 0 Å². The van der Waals surface area contributed by atoms with Gasteiger partial charge >= 0.3 is 5.97 Å². The van der Waals surface area contributed by atoms with Crippen molar-refractivity contribution in [3.63, 3.8) is 0 Å². The summed E-state index contributed by atoms with van der Waals surface area (Å²) >= 11 is 0. The van der Waals surface area contributed by atoms with Gasteiger partial charge in [0, 0.05) is 12.6 Å². The summed E-state index contributed by atoms with van der Waals surface area (Å²) in [5.41, 5.74) is 3.52. The van der Waals surface area contributed by atoms with Crippen LogP contribution in [0.5, 0.6) is 0 Å². The monoisotopic (exact) mass is 371 g/mol. The first-order chi connectivity index (χ1) is 13.6. The van der Waals surface area contributed by atoms with Gasteiger partial charge in [-0.2, -0.15) is 0 Å². The van der Waals surface area contributed by atoms with Crippen molar-refractivity contribution in [2.24, 2.45) is 0 Å². The molecule has 6 heteroatoms. The Morgan fingerprint density at radius 1 is 0.964 bits per heavy atom. The highest BCUT2D eigenvalue weighted by atomic mass is 16.4. The number of hydrogen-bond acceptors (Lipinski definition) is 4. The van der Waals surface area contributed by atoms with E-state index in [1.54, 1.807) is 18.3 Å². The molecule has 0 bridgehead atoms. The molecule has 0 spiro atoms. The second-order valence-corrected chi connectivity index (χ2v) is 6.36. The second-order valence-electron chi connectivity index (χ2n) is 6.36. The van der Waals surface area contributed by atoms with Crippen molar-refractivity contribution in [1.82, 2.24) is 14.5 Å². The Morgan fingerprint density at radius 2 is 1.75 bits per heavy atom. The number of benzene rings is 2. The SMILES string of the molecule is O=C(O)CCc1nc2cccnc2n(-c2cccc(-c3ccccc3)c2)c1=O. The number of fused-ring (bicyclic) bond motifs is 1. The minimum Gasteiger partial charge on any atom is -0.481 e. The van der Waals surface area contributed by atoms with Crippen molar-refractivity contribution in [3.05, 3.63) is 89.0 Å². The Kier molecular flexibility index (Phi) is 4.68. The number of nitrogens with zero attached hydrogens (tertiary/aromatic N) is 3. The average Bonchev–Trinajstić information content (AvgIpc) is 2.73. The summed E-state index contributed by atoms with van der Waals surface area (Å²) in [7, 11) is 0. The van der Waals surface area contributed by atoms with Gasteiger partial charge in [-0.15, -0.1) is 0 Å². The van der Waals surface area contributed by atoms with Gasteiger partial charge in [-0.3, -0.25) is 14.2 Å². The Bertz CT molecular complexity index is 1220. The lowest BCUT2D eigenvalue weighted by molar-refractivity contribution is -0.136. The molecule has 0 unspecified atom stereocenters. The zero-order chi connectivity index (χ0) is 19.5. The summed E-state index contributed by atoms with van der Waals surface area (Å²) in [5, 5.41) is 8.98. The highest BCUT2D eigenvalue weighted by Gasteiger charge is 2.15. The molecule has 0 saturated heterocycles. The Labute approximate surface area is 160 Å². The topological polar surface area (TPSA) is 85.1 Å². The van der Waals surface area contributed by atoms with E-state index in [-0.39, 0.29) is 24.1 Å². The van der Waals surface area contributed by atoms with Crippen LogP contribution in [-0.2, 0) is 11.2 Å². The highest BCUT2D eigenvalue weighted by Crippen LogP contribution is 2.22. The van der Waals surface area contributed by atoms with Gasteiger partial charge in [0.05, 0.1) is 12.1 Å². The Hall–Kier alpha value is -3.80. The molecule has 2 heterocycles. The molecule has 0 aliphatic rings. The maximum Gasteiger partial charge on any atom is 0.303 e. The van der Waals surface area contributed by atoms with E-state index in [9.17, 15) is 9.59 Å². The van der Waals surface area contributed by atoms with Crippen LogP contribution in [-0.4, -0.2) is 25.6 Å². The van der Waals surface area contributed by atoms with E-state index in [1.165, 1.54) is 4.57 Å². The number of carboxylic acids is 1. The zero-order valence-electron chi connectivity index (χ0n) is 14.9. The predicted molar refractivity (Wildman–Crippen MR) is 107 cm³/mol. The molecule has 138 valence electrons. The molecule has 0 radical (unpaired) electrons. The van der Waals surface area contributed by atoms with Crippen LogP contribution >= 0.6 is 0 Å². The molecule has 0 fully saturated rings. The number of aryl methyl sites for hydroxylation is 1. The third-order valence-electron chi connectivity index (χ3n) is 4.47. The fourth-order valence-corrected chi connectivity index (χ4v) is 3.15. The average molecular weight is 371 g/mol. The van der Waals surface area contributed by atoms with Crippen LogP contribution in [0.3, 0.4) is 0 Å². The first kappa shape index (κ1) is 17.6. The smallest absolute Gasteiger partial charge is 0.303 e. The molecule has 0 aliphatic carbocycles. The first-order valence-corrected chi connectivity index (χ1v) is 8.88. The highest BCUT2D eigenvalue weighted by molar-refractivity contribution is 5.74. The molecule has 28 heavy (non-hydrogen) atoms. The molecule has 1 N–H and O–H groups in total. The molecular weight excluding hydrogens is 354 g/mol. The van der Waals surface area contributed by atoms with Crippen LogP contribution < -0.4 is 5.56 Å². The molecule has 2 aromatic carbocycles. The first-order valence-electron chi connectivity index (χ1n) is 8.88. The van der Waals surface area contributed by atoms with Crippen LogP contribution in [0.4, 0.5) is 0 Å². The molecule has 0 atom stereocenters. The largest absolute Gasteiger partial charge is 0.481 e. The Balaban J connectivity index is 1.92. The van der Waals surface area contributed by atoms with Crippen molar-refractivity contribution >= 4 is 17.1 Å². The number of carbonyl (C=O) groups is 1. The summed E-state index contributed by atoms with van der Waals surface area (Å²) in [6, 6.07) is 21.0. The molecule has 4 aromatic rings. The standard InChI is InChI=1S/C22H17N3O3/c26-20(27)12-11-19-22(28)25(21-18(24-19)10-5-13-23-21)17-9-4-8-16(14-17)15-6-2-1-3-7-15/h1-10,13-14H,11-12H2,(H,26,27). The predicted octanol–water partition coefficient (Wildman–Crippen LogP) is 3.46. The van der Waals surface area contributed by atoms with Gasteiger partial charge in [0.2, 0.25) is 0 Å². The quantitative estimate of drug-likeness (QED) is 0.581. The van der Waals surface area contributed by atoms with Gasteiger partial charge < -0.3 is 5.11 Å². The van der Waals surface area contributed by atoms with E-state index in [4.69, 9.17) is 5.11 Å². The number of pyridine rings is 1. The van der Waals surface area contributed by atoms with Crippen LogP contribution in [0, 0.1) is 0 Å². The van der Waals surface area contributed by atoms with Gasteiger partial charge in [0.15, 0.2) is 5.65 Å². The molecule has 4 rings (SSSR count). The number of rotatable bonds is 5. The maximum absolute atomic E-state index is 13.1. The summed E-state index contributed by atoms with van der Waals surface area (Å²) in [6.45, 7) is 0. The summed E-state index contributed by atoms with van der Waals surface area (Å²) in [4.78, 5) is 32.8. The normalized spacial score (nSPS) is 10.9. The van der Waals surface area contributed by atoms with Crippen molar-refractivity contribution in [1.29, 1.82) is 0 Å². The van der Waals surface area contributed by atoms with Crippen LogP contribution in [0.25, 0.3) is 28.0 Å². The van der Waals surface area contributed by atoms with Gasteiger partial charge in [-0.1, -0.05) is 42.5 Å². The third-order valence-corrected chi connectivity index (χ3v) is 4.47. The molecule has 0 saturated carbocycles. The number of aromatic nitrogens is 3. The van der Waals surface area contributed by atoms with E-state index in [2.05, 4.69) is 9.97 Å². The summed E-state index contributed by atoms with van der Waals surface area (Å²) in [6.07, 6.45) is 1.52. The fourth-order valence-electron chi connectivity index (χ4n) is 3.15. The number of carboxylic acid groups (broad SMARTS) is 1. The lowest BCUT2D eigenvalue weighted by Crippen LogP contribution is -2.25. The maximum atomic E-state index is 13.1. The van der Waals surface area contributed by atoms with Crippen molar-refractivity contribution in [3.8, 4) is 16.8 Å². The summed E-state index contributed by atoms with van der Waals surface area (Å²) < 4.78 is 1.51. The lowest BCUT2D eigenvalue weighted by atomic mass is 10.1. The van der Waals surface area contributed by atoms with E-state index >= 15 is 0 Å². The lowest BCUT2D eigenvalue weighted by Gasteiger charge is -2.12. The van der Waals surface area contributed by atoms with Crippen LogP contribution in [0.1, 0.15) is 12.1 Å².